The van der Waals surface area contributed by atoms with E-state index in [0.717, 1.165) is 10.0 Å². The molecule has 1 unspecified atom stereocenters. The van der Waals surface area contributed by atoms with E-state index in [4.69, 9.17) is 4.74 Å². The fraction of sp³-hybridized carbons (Fsp3) is 0.500. The average molecular weight is 358 g/mol. The van der Waals surface area contributed by atoms with Crippen molar-refractivity contribution >= 4 is 15.9 Å². The van der Waals surface area contributed by atoms with Gasteiger partial charge in [-0.3, -0.25) is 4.84 Å². The zero-order valence-corrected chi connectivity index (χ0v) is 12.3. The molecule has 0 saturated heterocycles. The first-order chi connectivity index (χ1) is 9.28. The fourth-order valence-electron chi connectivity index (χ4n) is 1.26. The number of halogens is 4. The van der Waals surface area contributed by atoms with Gasteiger partial charge in [0.15, 0.2) is 6.61 Å². The predicted octanol–water partition coefficient (Wildman–Crippen LogP) is 2.58. The summed E-state index contributed by atoms with van der Waals surface area (Å²) in [6.07, 6.45) is -5.39. The van der Waals surface area contributed by atoms with E-state index in [1.165, 1.54) is 0 Å². The molecule has 0 aromatic heterocycles. The monoisotopic (exact) mass is 357 g/mol. The first kappa shape index (κ1) is 17.2. The minimum absolute atomic E-state index is 0.0654. The number of aliphatic hydroxyl groups is 1. The number of hydroxylamine groups is 1. The van der Waals surface area contributed by atoms with E-state index in [-0.39, 0.29) is 13.2 Å². The summed E-state index contributed by atoms with van der Waals surface area (Å²) < 4.78 is 41.4. The van der Waals surface area contributed by atoms with Gasteiger partial charge in [-0.05, 0) is 40.5 Å². The van der Waals surface area contributed by atoms with Crippen LogP contribution in [0.25, 0.3) is 0 Å². The molecule has 0 aliphatic rings. The Hall–Kier alpha value is -0.830. The summed E-state index contributed by atoms with van der Waals surface area (Å²) in [5.74, 6) is 0.547. The van der Waals surface area contributed by atoms with Crippen LogP contribution in [0.3, 0.4) is 0 Å². The van der Waals surface area contributed by atoms with Crippen LogP contribution in [0.2, 0.25) is 0 Å². The second kappa shape index (κ2) is 7.82. The van der Waals surface area contributed by atoms with E-state index in [0.29, 0.717) is 5.75 Å². The van der Waals surface area contributed by atoms with Crippen molar-refractivity contribution in [2.24, 2.45) is 0 Å². The highest BCUT2D eigenvalue weighted by atomic mass is 79.9. The van der Waals surface area contributed by atoms with Crippen LogP contribution < -0.4 is 10.2 Å². The van der Waals surface area contributed by atoms with Crippen molar-refractivity contribution in [1.82, 2.24) is 5.48 Å². The SMILES string of the molecule is Cc1ccc(OCC(O)CNOCC(F)(F)F)c(Br)c1. The van der Waals surface area contributed by atoms with Crippen molar-refractivity contribution in [1.29, 1.82) is 0 Å². The number of nitrogens with one attached hydrogen (secondary N) is 1. The van der Waals surface area contributed by atoms with E-state index in [1.807, 2.05) is 24.5 Å². The first-order valence-corrected chi connectivity index (χ1v) is 6.55. The maximum absolute atomic E-state index is 11.8. The minimum Gasteiger partial charge on any atom is -0.490 e. The van der Waals surface area contributed by atoms with E-state index in [2.05, 4.69) is 20.8 Å². The van der Waals surface area contributed by atoms with Crippen LogP contribution in [0.1, 0.15) is 5.56 Å². The van der Waals surface area contributed by atoms with Crippen LogP contribution in [0.5, 0.6) is 5.75 Å². The van der Waals surface area contributed by atoms with Crippen LogP contribution in [0.15, 0.2) is 22.7 Å². The molecular weight excluding hydrogens is 343 g/mol. The highest BCUT2D eigenvalue weighted by molar-refractivity contribution is 9.10. The highest BCUT2D eigenvalue weighted by Crippen LogP contribution is 2.25. The van der Waals surface area contributed by atoms with Gasteiger partial charge in [-0.1, -0.05) is 6.07 Å². The van der Waals surface area contributed by atoms with E-state index < -0.39 is 18.9 Å². The molecule has 0 aliphatic carbocycles. The zero-order chi connectivity index (χ0) is 15.2. The number of benzene rings is 1. The normalized spacial score (nSPS) is 13.3. The van der Waals surface area contributed by atoms with Gasteiger partial charge in [0.2, 0.25) is 0 Å². The molecule has 1 rings (SSSR count). The number of alkyl halides is 3. The van der Waals surface area contributed by atoms with E-state index in [1.54, 1.807) is 6.07 Å². The summed E-state index contributed by atoms with van der Waals surface area (Å²) >= 11 is 3.31. The molecular formula is C12H15BrF3NO3. The molecule has 0 fully saturated rings. The van der Waals surface area contributed by atoms with Crippen LogP contribution in [0.4, 0.5) is 13.2 Å². The smallest absolute Gasteiger partial charge is 0.413 e. The largest absolute Gasteiger partial charge is 0.490 e. The van der Waals surface area contributed by atoms with Crippen molar-refractivity contribution in [3.8, 4) is 5.75 Å². The first-order valence-electron chi connectivity index (χ1n) is 5.76. The summed E-state index contributed by atoms with van der Waals surface area (Å²) in [6, 6.07) is 5.43. The Morgan fingerprint density at radius 2 is 2.10 bits per heavy atom. The van der Waals surface area contributed by atoms with Gasteiger partial charge >= 0.3 is 6.18 Å². The molecule has 2 N–H and O–H groups in total. The molecule has 0 radical (unpaired) electrons. The summed E-state index contributed by atoms with van der Waals surface area (Å²) in [5.41, 5.74) is 3.09. The number of hydrogen-bond acceptors (Lipinski definition) is 4. The summed E-state index contributed by atoms with van der Waals surface area (Å²) in [7, 11) is 0. The van der Waals surface area contributed by atoms with Crippen LogP contribution in [0, 0.1) is 6.92 Å². The molecule has 0 spiro atoms. The molecule has 1 atom stereocenters. The predicted molar refractivity (Wildman–Crippen MR) is 70.4 cm³/mol. The molecule has 0 amide bonds. The van der Waals surface area contributed by atoms with Crippen molar-refractivity contribution in [3.05, 3.63) is 28.2 Å². The lowest BCUT2D eigenvalue weighted by Gasteiger charge is -2.14. The fourth-order valence-corrected chi connectivity index (χ4v) is 1.86. The Morgan fingerprint density at radius 1 is 1.40 bits per heavy atom. The lowest BCUT2D eigenvalue weighted by Crippen LogP contribution is -2.34. The molecule has 20 heavy (non-hydrogen) atoms. The van der Waals surface area contributed by atoms with Gasteiger partial charge < -0.3 is 9.84 Å². The van der Waals surface area contributed by atoms with Crippen molar-refractivity contribution < 1.29 is 27.9 Å². The quantitative estimate of drug-likeness (QED) is 0.581. The number of aliphatic hydroxyl groups excluding tert-OH is 1. The molecule has 1 aromatic rings. The maximum atomic E-state index is 11.8. The second-order valence-corrected chi connectivity index (χ2v) is 5.01. The lowest BCUT2D eigenvalue weighted by atomic mass is 10.2. The molecule has 8 heteroatoms. The van der Waals surface area contributed by atoms with E-state index in [9.17, 15) is 18.3 Å². The van der Waals surface area contributed by atoms with Crippen LogP contribution in [-0.2, 0) is 4.84 Å². The third kappa shape index (κ3) is 7.09. The Balaban J connectivity index is 2.24. The van der Waals surface area contributed by atoms with Gasteiger partial charge in [-0.25, -0.2) is 0 Å². The standard InChI is InChI=1S/C12H15BrF3NO3/c1-8-2-3-11(10(13)4-8)19-6-9(18)5-17-20-7-12(14,15)16/h2-4,9,17-18H,5-7H2,1H3. The highest BCUT2D eigenvalue weighted by Gasteiger charge is 2.27. The Bertz CT molecular complexity index is 429. The molecule has 0 aliphatic heterocycles. The Labute approximate surface area is 123 Å². The third-order valence-corrected chi connectivity index (χ3v) is 2.80. The summed E-state index contributed by atoms with van der Waals surface area (Å²) in [6.45, 7) is 0.277. The Kier molecular flexibility index (Phi) is 6.74. The number of rotatable bonds is 7. The van der Waals surface area contributed by atoms with Crippen molar-refractivity contribution in [3.63, 3.8) is 0 Å². The third-order valence-electron chi connectivity index (χ3n) is 2.18. The second-order valence-electron chi connectivity index (χ2n) is 4.15. The van der Waals surface area contributed by atoms with Gasteiger partial charge in [-0.15, -0.1) is 0 Å². The lowest BCUT2D eigenvalue weighted by molar-refractivity contribution is -0.191. The number of hydrogen-bond donors (Lipinski definition) is 2. The van der Waals surface area contributed by atoms with E-state index >= 15 is 0 Å². The maximum Gasteiger partial charge on any atom is 0.413 e. The minimum atomic E-state index is -4.40. The topological polar surface area (TPSA) is 50.7 Å². The average Bonchev–Trinajstić information content (AvgIpc) is 2.32. The zero-order valence-electron chi connectivity index (χ0n) is 10.7. The Morgan fingerprint density at radius 3 is 2.70 bits per heavy atom. The van der Waals surface area contributed by atoms with Gasteiger partial charge in [0.25, 0.3) is 0 Å². The number of ether oxygens (including phenoxy) is 1. The molecule has 0 heterocycles. The molecule has 1 aromatic carbocycles. The molecule has 0 saturated carbocycles. The van der Waals surface area contributed by atoms with Gasteiger partial charge in [0.05, 0.1) is 11.0 Å². The molecule has 0 bridgehead atoms. The van der Waals surface area contributed by atoms with Gasteiger partial charge in [-0.2, -0.15) is 18.7 Å². The number of aryl methyl sites for hydroxylation is 1. The van der Waals surface area contributed by atoms with Crippen molar-refractivity contribution in [2.75, 3.05) is 19.8 Å². The summed E-state index contributed by atoms with van der Waals surface area (Å²) in [5, 5.41) is 9.52. The van der Waals surface area contributed by atoms with Crippen LogP contribution >= 0.6 is 15.9 Å². The molecule has 114 valence electrons. The van der Waals surface area contributed by atoms with Gasteiger partial charge in [0.1, 0.15) is 18.5 Å². The molecule has 4 nitrogen and oxygen atoms in total. The van der Waals surface area contributed by atoms with Crippen molar-refractivity contribution in [2.45, 2.75) is 19.2 Å². The summed E-state index contributed by atoms with van der Waals surface area (Å²) in [4.78, 5) is 4.16. The van der Waals surface area contributed by atoms with Crippen LogP contribution in [-0.4, -0.2) is 37.1 Å². The van der Waals surface area contributed by atoms with Gasteiger partial charge in [0, 0.05) is 0 Å².